The number of nitrogens with one attached hydrogen (secondary N) is 3. The number of benzene rings is 3. The zero-order chi connectivity index (χ0) is 25.0. The predicted octanol–water partition coefficient (Wildman–Crippen LogP) is 4.35. The first-order valence-electron chi connectivity index (χ1n) is 12.1. The van der Waals surface area contributed by atoms with E-state index in [1.54, 1.807) is 6.92 Å². The Balaban J connectivity index is 1.50. The number of para-hydroxylation sites is 1. The summed E-state index contributed by atoms with van der Waals surface area (Å²) in [7, 11) is 0. The largest absolute Gasteiger partial charge is 0.465 e. The highest BCUT2D eigenvalue weighted by molar-refractivity contribution is 6.20. The van der Waals surface area contributed by atoms with Crippen molar-refractivity contribution in [1.29, 1.82) is 0 Å². The van der Waals surface area contributed by atoms with Crippen LogP contribution in [0.1, 0.15) is 46.8 Å². The van der Waals surface area contributed by atoms with Crippen LogP contribution in [0, 0.1) is 0 Å². The average Bonchev–Trinajstić information content (AvgIpc) is 3.54. The summed E-state index contributed by atoms with van der Waals surface area (Å²) in [5.74, 6) is -0.927. The van der Waals surface area contributed by atoms with E-state index in [0.29, 0.717) is 12.1 Å². The second-order valence-electron chi connectivity index (χ2n) is 9.08. The molecule has 1 aliphatic carbocycles. The minimum atomic E-state index is -0.701. The maximum atomic E-state index is 13.1. The molecule has 4 aromatic rings. The standard InChI is InChI=1S/C28H25N3O5/c1-3-35-20(32)13-30-28(34)36-14(2)21-15-8-4-5-9-16(15)23-24-18(12-29-27(24)33)22-17-10-6-7-11-19(17)31-26(22)25(21)23/h4-11,14,21,31H,3,12-13H2,1-2H3,(H,29,33)(H,30,34)/t14-,21-/m0/s1. The van der Waals surface area contributed by atoms with Crippen LogP contribution in [-0.2, 0) is 20.8 Å². The highest BCUT2D eigenvalue weighted by atomic mass is 16.6. The number of rotatable bonds is 5. The molecule has 0 saturated carbocycles. The van der Waals surface area contributed by atoms with E-state index in [2.05, 4.69) is 21.7 Å². The van der Waals surface area contributed by atoms with Gasteiger partial charge in [-0.3, -0.25) is 9.59 Å². The zero-order valence-electron chi connectivity index (χ0n) is 19.9. The number of fused-ring (bicyclic) bond motifs is 10. The first kappa shape index (κ1) is 22.2. The van der Waals surface area contributed by atoms with Gasteiger partial charge in [0.25, 0.3) is 5.91 Å². The molecule has 6 rings (SSSR count). The Morgan fingerprint density at radius 1 is 1.11 bits per heavy atom. The molecule has 2 aliphatic rings. The number of carbonyl (C=O) groups excluding carboxylic acids is 3. The molecule has 0 unspecified atom stereocenters. The number of hydrogen-bond donors (Lipinski definition) is 3. The molecule has 2 amide bonds. The second-order valence-corrected chi connectivity index (χ2v) is 9.08. The normalized spacial score (nSPS) is 16.3. The third kappa shape index (κ3) is 3.25. The fourth-order valence-electron chi connectivity index (χ4n) is 5.74. The van der Waals surface area contributed by atoms with Gasteiger partial charge in [0, 0.05) is 34.3 Å². The van der Waals surface area contributed by atoms with Crippen molar-refractivity contribution >= 4 is 39.8 Å². The van der Waals surface area contributed by atoms with E-state index in [9.17, 15) is 14.4 Å². The van der Waals surface area contributed by atoms with E-state index in [1.165, 1.54) is 0 Å². The van der Waals surface area contributed by atoms with Crippen LogP contribution in [0.3, 0.4) is 0 Å². The molecule has 0 saturated heterocycles. The molecule has 3 aromatic carbocycles. The van der Waals surface area contributed by atoms with Gasteiger partial charge in [0.15, 0.2) is 0 Å². The quantitative estimate of drug-likeness (QED) is 0.366. The van der Waals surface area contributed by atoms with Crippen molar-refractivity contribution in [3.63, 3.8) is 0 Å². The maximum Gasteiger partial charge on any atom is 0.407 e. The lowest BCUT2D eigenvalue weighted by Gasteiger charge is -2.23. The highest BCUT2D eigenvalue weighted by Crippen LogP contribution is 2.54. The van der Waals surface area contributed by atoms with Crippen molar-refractivity contribution in [2.45, 2.75) is 32.4 Å². The summed E-state index contributed by atoms with van der Waals surface area (Å²) in [6.07, 6.45) is -1.28. The zero-order valence-corrected chi connectivity index (χ0v) is 19.9. The maximum absolute atomic E-state index is 13.1. The van der Waals surface area contributed by atoms with Gasteiger partial charge in [-0.15, -0.1) is 0 Å². The van der Waals surface area contributed by atoms with Gasteiger partial charge in [-0.25, -0.2) is 4.79 Å². The molecule has 1 aliphatic heterocycles. The summed E-state index contributed by atoms with van der Waals surface area (Å²) < 4.78 is 10.6. The Morgan fingerprint density at radius 3 is 2.72 bits per heavy atom. The van der Waals surface area contributed by atoms with Crippen molar-refractivity contribution in [3.8, 4) is 11.1 Å². The van der Waals surface area contributed by atoms with Crippen molar-refractivity contribution in [2.75, 3.05) is 13.2 Å². The highest BCUT2D eigenvalue weighted by Gasteiger charge is 2.41. The third-order valence-electron chi connectivity index (χ3n) is 7.07. The Kier molecular flexibility index (Phi) is 5.17. The molecule has 36 heavy (non-hydrogen) atoms. The summed E-state index contributed by atoms with van der Waals surface area (Å²) in [4.78, 5) is 41.0. The average molecular weight is 484 g/mol. The number of hydrogen-bond acceptors (Lipinski definition) is 5. The van der Waals surface area contributed by atoms with Crippen LogP contribution in [0.4, 0.5) is 4.79 Å². The Labute approximate surface area is 207 Å². The Hall–Kier alpha value is -4.33. The van der Waals surface area contributed by atoms with Gasteiger partial charge < -0.3 is 25.1 Å². The number of aromatic nitrogens is 1. The molecular formula is C28H25N3O5. The van der Waals surface area contributed by atoms with E-state index in [4.69, 9.17) is 9.47 Å². The monoisotopic (exact) mass is 483 g/mol. The predicted molar refractivity (Wildman–Crippen MR) is 135 cm³/mol. The first-order chi connectivity index (χ1) is 17.5. The molecule has 1 aromatic heterocycles. The number of aromatic amines is 1. The molecular weight excluding hydrogens is 458 g/mol. The lowest BCUT2D eigenvalue weighted by atomic mass is 9.87. The van der Waals surface area contributed by atoms with Crippen molar-refractivity contribution < 1.29 is 23.9 Å². The molecule has 8 heteroatoms. The van der Waals surface area contributed by atoms with Gasteiger partial charge in [0.1, 0.15) is 12.6 Å². The fourth-order valence-corrected chi connectivity index (χ4v) is 5.74. The molecule has 182 valence electrons. The summed E-state index contributed by atoms with van der Waals surface area (Å²) in [5, 5.41) is 7.56. The van der Waals surface area contributed by atoms with Gasteiger partial charge in [0.05, 0.1) is 17.7 Å². The van der Waals surface area contributed by atoms with Gasteiger partial charge in [-0.05, 0) is 42.2 Å². The van der Waals surface area contributed by atoms with E-state index >= 15 is 0 Å². The Morgan fingerprint density at radius 2 is 1.89 bits per heavy atom. The minimum Gasteiger partial charge on any atom is -0.465 e. The molecule has 8 nitrogen and oxygen atoms in total. The fraction of sp³-hybridized carbons (Fsp3) is 0.250. The summed E-state index contributed by atoms with van der Waals surface area (Å²) >= 11 is 0. The SMILES string of the molecule is CCOC(=O)CNC(=O)O[C@@H](C)[C@H]1c2ccccc2-c2c3c(c4c([nH]c5ccccc54)c21)CNC3=O. The van der Waals surface area contributed by atoms with Crippen LogP contribution in [-0.4, -0.2) is 42.2 Å². The molecule has 0 fully saturated rings. The van der Waals surface area contributed by atoms with Crippen LogP contribution in [0.15, 0.2) is 48.5 Å². The molecule has 2 atom stereocenters. The molecule has 2 heterocycles. The number of ether oxygens (including phenoxy) is 2. The summed E-state index contributed by atoms with van der Waals surface area (Å²) in [5.41, 5.74) is 7.41. The van der Waals surface area contributed by atoms with Crippen LogP contribution < -0.4 is 10.6 Å². The Bertz CT molecular complexity index is 1570. The molecule has 0 radical (unpaired) electrons. The van der Waals surface area contributed by atoms with Crippen molar-refractivity contribution in [3.05, 3.63) is 70.8 Å². The van der Waals surface area contributed by atoms with Crippen LogP contribution in [0.5, 0.6) is 0 Å². The third-order valence-corrected chi connectivity index (χ3v) is 7.07. The van der Waals surface area contributed by atoms with Gasteiger partial charge in [-0.1, -0.05) is 42.5 Å². The van der Waals surface area contributed by atoms with E-state index in [1.807, 2.05) is 49.4 Å². The molecule has 0 bridgehead atoms. The van der Waals surface area contributed by atoms with Crippen LogP contribution >= 0.6 is 0 Å². The minimum absolute atomic E-state index is 0.0929. The van der Waals surface area contributed by atoms with Crippen molar-refractivity contribution in [1.82, 2.24) is 15.6 Å². The molecule has 3 N–H and O–H groups in total. The lowest BCUT2D eigenvalue weighted by Crippen LogP contribution is -2.34. The van der Waals surface area contributed by atoms with E-state index in [0.717, 1.165) is 49.6 Å². The first-order valence-corrected chi connectivity index (χ1v) is 12.1. The second kappa shape index (κ2) is 8.41. The molecule has 0 spiro atoms. The number of esters is 1. The van der Waals surface area contributed by atoms with Gasteiger partial charge in [-0.2, -0.15) is 0 Å². The van der Waals surface area contributed by atoms with Gasteiger partial charge in [0.2, 0.25) is 0 Å². The number of carbonyl (C=O) groups is 3. The smallest absolute Gasteiger partial charge is 0.407 e. The summed E-state index contributed by atoms with van der Waals surface area (Å²) in [6, 6.07) is 16.0. The lowest BCUT2D eigenvalue weighted by molar-refractivity contribution is -0.141. The van der Waals surface area contributed by atoms with E-state index < -0.39 is 18.2 Å². The van der Waals surface area contributed by atoms with Crippen LogP contribution in [0.2, 0.25) is 0 Å². The van der Waals surface area contributed by atoms with Gasteiger partial charge >= 0.3 is 12.1 Å². The van der Waals surface area contributed by atoms with Crippen molar-refractivity contribution in [2.24, 2.45) is 0 Å². The number of alkyl carbamates (subject to hydrolysis) is 1. The van der Waals surface area contributed by atoms with Crippen LogP contribution in [0.25, 0.3) is 32.9 Å². The van der Waals surface area contributed by atoms with E-state index in [-0.39, 0.29) is 25.0 Å². The number of amides is 2. The summed E-state index contributed by atoms with van der Waals surface area (Å²) in [6.45, 7) is 3.98. The topological polar surface area (TPSA) is 110 Å². The number of H-pyrrole nitrogens is 1.